The summed E-state index contributed by atoms with van der Waals surface area (Å²) in [5.74, 6) is 0.347. The number of nitrogens with one attached hydrogen (secondary N) is 2. The van der Waals surface area contributed by atoms with Gasteiger partial charge in [0.05, 0.1) is 10.6 Å². The molecular formula is C16H16N4OS. The van der Waals surface area contributed by atoms with Gasteiger partial charge in [0.25, 0.3) is 5.91 Å². The summed E-state index contributed by atoms with van der Waals surface area (Å²) < 4.78 is 0. The molecule has 0 saturated heterocycles. The van der Waals surface area contributed by atoms with E-state index in [1.807, 2.05) is 54.7 Å². The van der Waals surface area contributed by atoms with Crippen molar-refractivity contribution in [2.75, 3.05) is 24.3 Å². The Balaban J connectivity index is 1.71. The Morgan fingerprint density at radius 3 is 2.64 bits per heavy atom. The fourth-order valence-electron chi connectivity index (χ4n) is 2.04. The highest BCUT2D eigenvalue weighted by molar-refractivity contribution is 7.13. The lowest BCUT2D eigenvalue weighted by atomic mass is 10.2. The highest BCUT2D eigenvalue weighted by Gasteiger charge is 2.10. The normalized spacial score (nSPS) is 10.5. The lowest BCUT2D eigenvalue weighted by Crippen LogP contribution is -2.13. The lowest BCUT2D eigenvalue weighted by Gasteiger charge is -2.12. The lowest BCUT2D eigenvalue weighted by molar-refractivity contribution is 0.102. The Kier molecular flexibility index (Phi) is 3.93. The SMILES string of the molecule is CN(C)c1ccc(C(=O)Nc2cc(-c3cccs3)[nH]n2)cc1. The molecule has 2 heterocycles. The second-order valence-corrected chi connectivity index (χ2v) is 5.99. The van der Waals surface area contributed by atoms with E-state index in [4.69, 9.17) is 0 Å². The van der Waals surface area contributed by atoms with Gasteiger partial charge in [-0.05, 0) is 35.7 Å². The summed E-state index contributed by atoms with van der Waals surface area (Å²) in [7, 11) is 3.93. The Morgan fingerprint density at radius 1 is 1.23 bits per heavy atom. The number of anilines is 2. The second-order valence-electron chi connectivity index (χ2n) is 5.04. The number of H-pyrrole nitrogens is 1. The molecule has 0 saturated carbocycles. The average Bonchev–Trinajstić information content (AvgIpc) is 3.18. The van der Waals surface area contributed by atoms with Crippen molar-refractivity contribution in [3.8, 4) is 10.6 Å². The minimum Gasteiger partial charge on any atom is -0.378 e. The van der Waals surface area contributed by atoms with Gasteiger partial charge in [0.1, 0.15) is 0 Å². The maximum Gasteiger partial charge on any atom is 0.256 e. The summed E-state index contributed by atoms with van der Waals surface area (Å²) >= 11 is 1.62. The van der Waals surface area contributed by atoms with Gasteiger partial charge in [0.2, 0.25) is 0 Å². The Bertz CT molecular complexity index is 760. The summed E-state index contributed by atoms with van der Waals surface area (Å²) in [4.78, 5) is 15.3. The molecule has 0 aliphatic heterocycles. The summed E-state index contributed by atoms with van der Waals surface area (Å²) in [6.07, 6.45) is 0. The van der Waals surface area contributed by atoms with Crippen LogP contribution in [-0.2, 0) is 0 Å². The number of thiophene rings is 1. The van der Waals surface area contributed by atoms with Crippen molar-refractivity contribution in [2.45, 2.75) is 0 Å². The van der Waals surface area contributed by atoms with Crippen molar-refractivity contribution < 1.29 is 4.79 Å². The highest BCUT2D eigenvalue weighted by atomic mass is 32.1. The molecule has 0 bridgehead atoms. The predicted molar refractivity (Wildman–Crippen MR) is 90.6 cm³/mol. The molecule has 0 aliphatic carbocycles. The molecule has 3 rings (SSSR count). The first-order valence-corrected chi connectivity index (χ1v) is 7.69. The molecule has 0 atom stereocenters. The van der Waals surface area contributed by atoms with E-state index >= 15 is 0 Å². The number of carbonyl (C=O) groups excluding carboxylic acids is 1. The summed E-state index contributed by atoms with van der Waals surface area (Å²) in [5.41, 5.74) is 2.55. The van der Waals surface area contributed by atoms with Crippen LogP contribution in [0.15, 0.2) is 47.8 Å². The fraction of sp³-hybridized carbons (Fsp3) is 0.125. The molecule has 0 fully saturated rings. The van der Waals surface area contributed by atoms with Gasteiger partial charge in [-0.3, -0.25) is 9.89 Å². The number of benzene rings is 1. The van der Waals surface area contributed by atoms with Crippen molar-refractivity contribution >= 4 is 28.7 Å². The molecule has 112 valence electrons. The highest BCUT2D eigenvalue weighted by Crippen LogP contribution is 2.24. The van der Waals surface area contributed by atoms with Gasteiger partial charge in [0, 0.05) is 31.4 Å². The zero-order chi connectivity index (χ0) is 15.5. The van der Waals surface area contributed by atoms with Crippen molar-refractivity contribution in [3.63, 3.8) is 0 Å². The molecular weight excluding hydrogens is 296 g/mol. The first kappa shape index (κ1) is 14.3. The van der Waals surface area contributed by atoms with Crippen LogP contribution < -0.4 is 10.2 Å². The molecule has 0 unspecified atom stereocenters. The van der Waals surface area contributed by atoms with Crippen molar-refractivity contribution in [3.05, 3.63) is 53.4 Å². The molecule has 2 aromatic heterocycles. The minimum atomic E-state index is -0.172. The standard InChI is InChI=1S/C16H16N4OS/c1-20(2)12-7-5-11(6-8-12)16(21)17-15-10-13(18-19-15)14-4-3-9-22-14/h3-10H,1-2H3,(H2,17,18,19,21). The maximum absolute atomic E-state index is 12.2. The van der Waals surface area contributed by atoms with Crippen molar-refractivity contribution in [1.29, 1.82) is 0 Å². The first-order chi connectivity index (χ1) is 10.6. The molecule has 2 N–H and O–H groups in total. The molecule has 5 nitrogen and oxygen atoms in total. The zero-order valence-electron chi connectivity index (χ0n) is 12.3. The largest absolute Gasteiger partial charge is 0.378 e. The molecule has 6 heteroatoms. The molecule has 0 spiro atoms. The van der Waals surface area contributed by atoms with Crippen LogP contribution in [0.25, 0.3) is 10.6 Å². The molecule has 0 radical (unpaired) electrons. The summed E-state index contributed by atoms with van der Waals surface area (Å²) in [6.45, 7) is 0. The Hall–Kier alpha value is -2.60. The second kappa shape index (κ2) is 6.03. The van der Waals surface area contributed by atoms with E-state index in [0.29, 0.717) is 11.4 Å². The van der Waals surface area contributed by atoms with Gasteiger partial charge in [-0.1, -0.05) is 6.07 Å². The van der Waals surface area contributed by atoms with Gasteiger partial charge in [-0.2, -0.15) is 5.10 Å². The number of nitrogens with zero attached hydrogens (tertiary/aromatic N) is 2. The third kappa shape index (κ3) is 3.01. The fourth-order valence-corrected chi connectivity index (χ4v) is 2.74. The van der Waals surface area contributed by atoms with Crippen LogP contribution >= 0.6 is 11.3 Å². The Morgan fingerprint density at radius 2 is 2.00 bits per heavy atom. The average molecular weight is 312 g/mol. The molecule has 22 heavy (non-hydrogen) atoms. The van der Waals surface area contributed by atoms with Crippen LogP contribution in [0.5, 0.6) is 0 Å². The van der Waals surface area contributed by atoms with E-state index in [1.165, 1.54) is 0 Å². The van der Waals surface area contributed by atoms with E-state index in [1.54, 1.807) is 23.5 Å². The zero-order valence-corrected chi connectivity index (χ0v) is 13.1. The van der Waals surface area contributed by atoms with E-state index in [9.17, 15) is 4.79 Å². The molecule has 1 amide bonds. The van der Waals surface area contributed by atoms with Gasteiger partial charge < -0.3 is 10.2 Å². The maximum atomic E-state index is 12.2. The number of aromatic nitrogens is 2. The number of hydrogen-bond donors (Lipinski definition) is 2. The van der Waals surface area contributed by atoms with Crippen molar-refractivity contribution in [2.24, 2.45) is 0 Å². The van der Waals surface area contributed by atoms with Crippen LogP contribution in [0.4, 0.5) is 11.5 Å². The summed E-state index contributed by atoms with van der Waals surface area (Å²) in [6, 6.07) is 13.2. The van der Waals surface area contributed by atoms with Crippen LogP contribution in [0.3, 0.4) is 0 Å². The summed E-state index contributed by atoms with van der Waals surface area (Å²) in [5, 5.41) is 11.9. The monoisotopic (exact) mass is 312 g/mol. The quantitative estimate of drug-likeness (QED) is 0.775. The van der Waals surface area contributed by atoms with E-state index in [0.717, 1.165) is 16.3 Å². The van der Waals surface area contributed by atoms with Gasteiger partial charge in [-0.15, -0.1) is 11.3 Å². The third-order valence-electron chi connectivity index (χ3n) is 3.25. The van der Waals surface area contributed by atoms with Gasteiger partial charge in [0.15, 0.2) is 5.82 Å². The topological polar surface area (TPSA) is 61.0 Å². The van der Waals surface area contributed by atoms with Crippen molar-refractivity contribution in [1.82, 2.24) is 10.2 Å². The predicted octanol–water partition coefficient (Wildman–Crippen LogP) is 3.46. The number of amides is 1. The Labute approximate surface area is 132 Å². The van der Waals surface area contributed by atoms with Crippen LogP contribution in [0.2, 0.25) is 0 Å². The molecule has 3 aromatic rings. The molecule has 1 aromatic carbocycles. The van der Waals surface area contributed by atoms with Crippen LogP contribution in [0, 0.1) is 0 Å². The van der Waals surface area contributed by atoms with E-state index in [2.05, 4.69) is 15.5 Å². The van der Waals surface area contributed by atoms with Gasteiger partial charge in [-0.25, -0.2) is 0 Å². The number of aromatic amines is 1. The smallest absolute Gasteiger partial charge is 0.256 e. The third-order valence-corrected chi connectivity index (χ3v) is 4.16. The van der Waals surface area contributed by atoms with Crippen LogP contribution in [0.1, 0.15) is 10.4 Å². The number of carbonyl (C=O) groups is 1. The van der Waals surface area contributed by atoms with Crippen LogP contribution in [-0.4, -0.2) is 30.2 Å². The van der Waals surface area contributed by atoms with E-state index in [-0.39, 0.29) is 5.91 Å². The minimum absolute atomic E-state index is 0.172. The van der Waals surface area contributed by atoms with E-state index < -0.39 is 0 Å². The number of rotatable bonds is 4. The number of hydrogen-bond acceptors (Lipinski definition) is 4. The molecule has 0 aliphatic rings. The van der Waals surface area contributed by atoms with Gasteiger partial charge >= 0.3 is 0 Å². The first-order valence-electron chi connectivity index (χ1n) is 6.81.